The number of hydrogen-bond acceptors (Lipinski definition) is 3. The highest BCUT2D eigenvalue weighted by Gasteiger charge is 2.13. The van der Waals surface area contributed by atoms with Crippen molar-refractivity contribution in [2.75, 3.05) is 6.61 Å². The highest BCUT2D eigenvalue weighted by atomic mass is 127. The van der Waals surface area contributed by atoms with Crippen molar-refractivity contribution in [3.63, 3.8) is 0 Å². The molecule has 0 aromatic carbocycles. The van der Waals surface area contributed by atoms with Crippen LogP contribution in [0.2, 0.25) is 25.7 Å². The smallest absolute Gasteiger partial charge is 0.161 e. The molecule has 0 unspecified atom stereocenters. The molecule has 2 heterocycles. The lowest BCUT2D eigenvalue weighted by molar-refractivity contribution is 0.0898. The molecule has 7 heteroatoms. The van der Waals surface area contributed by atoms with Gasteiger partial charge in [0.15, 0.2) is 5.65 Å². The Hall–Kier alpha value is 0.00688. The van der Waals surface area contributed by atoms with Crippen LogP contribution in [0.15, 0.2) is 17.0 Å². The number of hydrogen-bond donors (Lipinski definition) is 0. The second-order valence-corrected chi connectivity index (χ2v) is 13.3. The molecule has 19 heavy (non-hydrogen) atoms. The van der Waals surface area contributed by atoms with Gasteiger partial charge in [0.25, 0.3) is 0 Å². The Morgan fingerprint density at radius 3 is 2.84 bits per heavy atom. The van der Waals surface area contributed by atoms with Gasteiger partial charge in [-0.1, -0.05) is 19.6 Å². The van der Waals surface area contributed by atoms with Gasteiger partial charge in [0.1, 0.15) is 16.9 Å². The number of halogens is 2. The molecular formula is C12H17BrIN3OSi. The first kappa shape index (κ1) is 15.4. The van der Waals surface area contributed by atoms with Crippen LogP contribution in [-0.2, 0) is 11.5 Å². The third-order valence-corrected chi connectivity index (χ3v) is 5.59. The zero-order valence-corrected chi connectivity index (χ0v) is 16.0. The minimum absolute atomic E-state index is 0.542. The molecule has 0 aliphatic heterocycles. The molecule has 0 radical (unpaired) electrons. The fourth-order valence-electron chi connectivity index (χ4n) is 1.63. The maximum Gasteiger partial charge on any atom is 0.161 e. The Kier molecular flexibility index (Phi) is 5.02. The lowest BCUT2D eigenvalue weighted by atomic mass is 10.5. The second kappa shape index (κ2) is 6.19. The van der Waals surface area contributed by atoms with Crippen LogP contribution in [0, 0.1) is 3.57 Å². The highest BCUT2D eigenvalue weighted by molar-refractivity contribution is 14.1. The molecule has 2 aromatic rings. The van der Waals surface area contributed by atoms with Crippen LogP contribution in [0.4, 0.5) is 0 Å². The van der Waals surface area contributed by atoms with Crippen molar-refractivity contribution in [3.05, 3.63) is 20.6 Å². The first-order valence-corrected chi connectivity index (χ1v) is 11.7. The van der Waals surface area contributed by atoms with E-state index in [-0.39, 0.29) is 0 Å². The molecule has 0 spiro atoms. The molecule has 0 saturated heterocycles. The molecular weight excluding hydrogens is 437 g/mol. The van der Waals surface area contributed by atoms with Gasteiger partial charge in [-0.2, -0.15) is 0 Å². The summed E-state index contributed by atoms with van der Waals surface area (Å²) in [6.07, 6.45) is 3.75. The third kappa shape index (κ3) is 4.23. The van der Waals surface area contributed by atoms with E-state index >= 15 is 0 Å². The highest BCUT2D eigenvalue weighted by Crippen LogP contribution is 2.21. The van der Waals surface area contributed by atoms with Gasteiger partial charge in [-0.15, -0.1) is 0 Å². The standard InChI is InChI=1S/C12H17BrIN3OSi/c1-19(2,3)5-4-18-8-17-7-9(14)11-12(17)15-6-10(13)16-11/h6-7H,4-5,8H2,1-3H3. The van der Waals surface area contributed by atoms with Crippen LogP contribution in [0.3, 0.4) is 0 Å². The SMILES string of the molecule is C[Si](C)(C)CCOCn1cc(I)c2nc(Br)cnc21. The molecule has 4 nitrogen and oxygen atoms in total. The fourth-order valence-corrected chi connectivity index (χ4v) is 3.36. The molecule has 0 fully saturated rings. The van der Waals surface area contributed by atoms with E-state index in [1.165, 1.54) is 6.04 Å². The number of rotatable bonds is 5. The van der Waals surface area contributed by atoms with Crippen LogP contribution in [0.1, 0.15) is 0 Å². The second-order valence-electron chi connectivity index (χ2n) is 5.66. The predicted molar refractivity (Wildman–Crippen MR) is 92.1 cm³/mol. The summed E-state index contributed by atoms with van der Waals surface area (Å²) in [5.41, 5.74) is 1.80. The van der Waals surface area contributed by atoms with Crippen molar-refractivity contribution in [1.29, 1.82) is 0 Å². The molecule has 0 bridgehead atoms. The molecule has 0 amide bonds. The van der Waals surface area contributed by atoms with E-state index in [0.717, 1.165) is 25.9 Å². The average Bonchev–Trinajstić information content (AvgIpc) is 2.60. The summed E-state index contributed by atoms with van der Waals surface area (Å²) in [5.74, 6) is 0. The van der Waals surface area contributed by atoms with Crippen LogP contribution in [0.25, 0.3) is 11.2 Å². The summed E-state index contributed by atoms with van der Waals surface area (Å²) in [4.78, 5) is 8.85. The van der Waals surface area contributed by atoms with Gasteiger partial charge in [0.2, 0.25) is 0 Å². The molecule has 0 saturated carbocycles. The van der Waals surface area contributed by atoms with Crippen molar-refractivity contribution in [3.8, 4) is 0 Å². The zero-order chi connectivity index (χ0) is 14.0. The number of fused-ring (bicyclic) bond motifs is 1. The van der Waals surface area contributed by atoms with Gasteiger partial charge >= 0.3 is 0 Å². The van der Waals surface area contributed by atoms with Crippen LogP contribution in [0.5, 0.6) is 0 Å². The molecule has 0 aliphatic carbocycles. The van der Waals surface area contributed by atoms with Crippen LogP contribution < -0.4 is 0 Å². The molecule has 104 valence electrons. The first-order chi connectivity index (χ1) is 8.87. The summed E-state index contributed by atoms with van der Waals surface area (Å²) >= 11 is 5.63. The Balaban J connectivity index is 2.05. The van der Waals surface area contributed by atoms with Gasteiger partial charge in [0.05, 0.1) is 9.77 Å². The van der Waals surface area contributed by atoms with Gasteiger partial charge in [-0.25, -0.2) is 9.97 Å². The van der Waals surface area contributed by atoms with Crippen LogP contribution in [-0.4, -0.2) is 29.2 Å². The number of ether oxygens (including phenoxy) is 1. The Morgan fingerprint density at radius 2 is 2.16 bits per heavy atom. The maximum absolute atomic E-state index is 5.76. The largest absolute Gasteiger partial charge is 0.361 e. The molecule has 0 aliphatic rings. The van der Waals surface area contributed by atoms with Crippen LogP contribution >= 0.6 is 38.5 Å². The average molecular weight is 454 g/mol. The minimum Gasteiger partial charge on any atom is -0.361 e. The summed E-state index contributed by atoms with van der Waals surface area (Å²) in [6.45, 7) is 8.42. The minimum atomic E-state index is -1.02. The normalized spacial score (nSPS) is 12.3. The quantitative estimate of drug-likeness (QED) is 0.388. The lowest BCUT2D eigenvalue weighted by Crippen LogP contribution is -2.22. The van der Waals surface area contributed by atoms with E-state index in [4.69, 9.17) is 4.74 Å². The first-order valence-electron chi connectivity index (χ1n) is 6.11. The predicted octanol–water partition coefficient (Wildman–Crippen LogP) is 4.11. The summed E-state index contributed by atoms with van der Waals surface area (Å²) in [6, 6.07) is 1.18. The third-order valence-electron chi connectivity index (χ3n) is 2.72. The van der Waals surface area contributed by atoms with E-state index in [0.29, 0.717) is 6.73 Å². The van der Waals surface area contributed by atoms with Crippen molar-refractivity contribution in [2.45, 2.75) is 32.4 Å². The Labute approximate surface area is 136 Å². The summed E-state index contributed by atoms with van der Waals surface area (Å²) in [7, 11) is -1.02. The van der Waals surface area contributed by atoms with Gasteiger partial charge in [-0.3, -0.25) is 0 Å². The van der Waals surface area contributed by atoms with Crippen molar-refractivity contribution >= 4 is 57.8 Å². The van der Waals surface area contributed by atoms with Gasteiger partial charge in [-0.05, 0) is 44.6 Å². The fraction of sp³-hybridized carbons (Fsp3) is 0.500. The Morgan fingerprint density at radius 1 is 1.42 bits per heavy atom. The van der Waals surface area contributed by atoms with E-state index in [2.05, 4.69) is 68.1 Å². The van der Waals surface area contributed by atoms with E-state index in [1.54, 1.807) is 6.20 Å². The molecule has 2 rings (SSSR count). The topological polar surface area (TPSA) is 39.9 Å². The lowest BCUT2D eigenvalue weighted by Gasteiger charge is -2.15. The Bertz CT molecular complexity index is 582. The number of aromatic nitrogens is 3. The summed E-state index contributed by atoms with van der Waals surface area (Å²) in [5, 5.41) is 0. The monoisotopic (exact) mass is 453 g/mol. The van der Waals surface area contributed by atoms with Gasteiger partial charge in [0, 0.05) is 20.9 Å². The molecule has 0 atom stereocenters. The van der Waals surface area contributed by atoms with Crippen molar-refractivity contribution < 1.29 is 4.74 Å². The van der Waals surface area contributed by atoms with E-state index in [9.17, 15) is 0 Å². The summed E-state index contributed by atoms with van der Waals surface area (Å²) < 4.78 is 9.63. The van der Waals surface area contributed by atoms with Gasteiger partial charge < -0.3 is 9.30 Å². The van der Waals surface area contributed by atoms with Crippen molar-refractivity contribution in [1.82, 2.24) is 14.5 Å². The maximum atomic E-state index is 5.76. The van der Waals surface area contributed by atoms with E-state index in [1.807, 2.05) is 10.8 Å². The zero-order valence-electron chi connectivity index (χ0n) is 11.3. The van der Waals surface area contributed by atoms with Crippen molar-refractivity contribution in [2.24, 2.45) is 0 Å². The molecule has 2 aromatic heterocycles. The molecule has 0 N–H and O–H groups in total. The number of nitrogens with zero attached hydrogens (tertiary/aromatic N) is 3. The van der Waals surface area contributed by atoms with E-state index < -0.39 is 8.07 Å².